The van der Waals surface area contributed by atoms with Crippen molar-refractivity contribution in [2.45, 2.75) is 32.2 Å². The smallest absolute Gasteiger partial charge is 0.323 e. The lowest BCUT2D eigenvalue weighted by Gasteiger charge is -2.11. The van der Waals surface area contributed by atoms with Gasteiger partial charge in [0.05, 0.1) is 6.61 Å². The van der Waals surface area contributed by atoms with E-state index in [1.165, 1.54) is 5.56 Å². The van der Waals surface area contributed by atoms with E-state index in [1.54, 1.807) is 0 Å². The van der Waals surface area contributed by atoms with Crippen LogP contribution in [0.4, 0.5) is 0 Å². The maximum atomic E-state index is 11.6. The normalized spacial score (nSPS) is 12.1. The van der Waals surface area contributed by atoms with Gasteiger partial charge < -0.3 is 15.2 Å². The van der Waals surface area contributed by atoms with Gasteiger partial charge in [0, 0.05) is 6.61 Å². The van der Waals surface area contributed by atoms with Crippen molar-refractivity contribution in [3.63, 3.8) is 0 Å². The van der Waals surface area contributed by atoms with Gasteiger partial charge >= 0.3 is 5.97 Å². The standard InChI is InChI=1S/C15H23NO3/c1-2-10-18-11-12-19-15(17)14(16)9-8-13-6-4-3-5-7-13/h3-7,14H,2,8-12,16H2,1H3. The summed E-state index contributed by atoms with van der Waals surface area (Å²) in [5.41, 5.74) is 6.97. The molecular formula is C15H23NO3. The van der Waals surface area contributed by atoms with Crippen LogP contribution in [0.5, 0.6) is 0 Å². The maximum absolute atomic E-state index is 11.6. The fourth-order valence-corrected chi connectivity index (χ4v) is 1.64. The molecule has 1 aromatic carbocycles. The second kappa shape index (κ2) is 9.53. The second-order valence-corrected chi connectivity index (χ2v) is 4.41. The molecule has 19 heavy (non-hydrogen) atoms. The van der Waals surface area contributed by atoms with E-state index in [0.717, 1.165) is 12.8 Å². The molecular weight excluding hydrogens is 242 g/mol. The third-order valence-corrected chi connectivity index (χ3v) is 2.71. The van der Waals surface area contributed by atoms with Crippen molar-refractivity contribution in [2.24, 2.45) is 5.73 Å². The number of nitrogens with two attached hydrogens (primary N) is 1. The predicted octanol–water partition coefficient (Wildman–Crippen LogP) is 1.92. The van der Waals surface area contributed by atoms with Crippen LogP contribution in [0.3, 0.4) is 0 Å². The first-order valence-electron chi connectivity index (χ1n) is 6.78. The van der Waals surface area contributed by atoms with Gasteiger partial charge in [-0.2, -0.15) is 0 Å². The summed E-state index contributed by atoms with van der Waals surface area (Å²) in [5.74, 6) is -0.351. The third kappa shape index (κ3) is 6.94. The molecule has 0 bridgehead atoms. The van der Waals surface area contributed by atoms with Crippen LogP contribution in [-0.4, -0.2) is 31.8 Å². The number of benzene rings is 1. The van der Waals surface area contributed by atoms with Crippen LogP contribution in [0.2, 0.25) is 0 Å². The van der Waals surface area contributed by atoms with Gasteiger partial charge in [0.2, 0.25) is 0 Å². The highest BCUT2D eigenvalue weighted by atomic mass is 16.6. The molecule has 0 aliphatic rings. The number of carbonyl (C=O) groups excluding carboxylic acids is 1. The molecule has 1 unspecified atom stereocenters. The summed E-state index contributed by atoms with van der Waals surface area (Å²) in [6, 6.07) is 9.40. The SMILES string of the molecule is CCCOCCOC(=O)C(N)CCc1ccccc1. The van der Waals surface area contributed by atoms with Crippen LogP contribution >= 0.6 is 0 Å². The number of carbonyl (C=O) groups is 1. The lowest BCUT2D eigenvalue weighted by Crippen LogP contribution is -2.33. The van der Waals surface area contributed by atoms with Gasteiger partial charge in [0.25, 0.3) is 0 Å². The van der Waals surface area contributed by atoms with Gasteiger partial charge in [0.15, 0.2) is 0 Å². The van der Waals surface area contributed by atoms with E-state index in [2.05, 4.69) is 0 Å². The molecule has 1 rings (SSSR count). The topological polar surface area (TPSA) is 61.5 Å². The first-order valence-corrected chi connectivity index (χ1v) is 6.78. The van der Waals surface area contributed by atoms with Gasteiger partial charge in [-0.3, -0.25) is 4.79 Å². The minimum atomic E-state index is -0.564. The highest BCUT2D eigenvalue weighted by molar-refractivity contribution is 5.75. The van der Waals surface area contributed by atoms with Crippen LogP contribution in [0.1, 0.15) is 25.3 Å². The lowest BCUT2D eigenvalue weighted by atomic mass is 10.1. The van der Waals surface area contributed by atoms with Crippen LogP contribution in [0.25, 0.3) is 0 Å². The molecule has 0 heterocycles. The van der Waals surface area contributed by atoms with E-state index in [1.807, 2.05) is 37.3 Å². The molecule has 1 aromatic rings. The molecule has 1 atom stereocenters. The molecule has 4 nitrogen and oxygen atoms in total. The van der Waals surface area contributed by atoms with Crippen LogP contribution in [-0.2, 0) is 20.7 Å². The molecule has 4 heteroatoms. The fraction of sp³-hybridized carbons (Fsp3) is 0.533. The Kier molecular flexibility index (Phi) is 7.86. The van der Waals surface area contributed by atoms with E-state index in [-0.39, 0.29) is 12.6 Å². The Hall–Kier alpha value is -1.39. The van der Waals surface area contributed by atoms with Crippen LogP contribution < -0.4 is 5.73 Å². The first kappa shape index (κ1) is 15.7. The minimum Gasteiger partial charge on any atom is -0.462 e. The molecule has 0 fully saturated rings. The number of aryl methyl sites for hydroxylation is 1. The number of esters is 1. The Bertz CT molecular complexity index is 354. The van der Waals surface area contributed by atoms with Gasteiger partial charge in [-0.05, 0) is 24.8 Å². The van der Waals surface area contributed by atoms with Crippen molar-refractivity contribution in [3.05, 3.63) is 35.9 Å². The number of hydrogen-bond acceptors (Lipinski definition) is 4. The zero-order valence-electron chi connectivity index (χ0n) is 11.5. The average Bonchev–Trinajstić information content (AvgIpc) is 2.45. The predicted molar refractivity (Wildman–Crippen MR) is 74.8 cm³/mol. The molecule has 0 aliphatic heterocycles. The summed E-state index contributed by atoms with van der Waals surface area (Å²) < 4.78 is 10.3. The minimum absolute atomic E-state index is 0.276. The van der Waals surface area contributed by atoms with Crippen molar-refractivity contribution in [3.8, 4) is 0 Å². The Balaban J connectivity index is 2.14. The van der Waals surface area contributed by atoms with E-state index in [4.69, 9.17) is 15.2 Å². The van der Waals surface area contributed by atoms with Crippen molar-refractivity contribution in [1.82, 2.24) is 0 Å². The summed E-state index contributed by atoms with van der Waals surface area (Å²) in [4.78, 5) is 11.6. The zero-order chi connectivity index (χ0) is 13.9. The Morgan fingerprint density at radius 1 is 1.21 bits per heavy atom. The Morgan fingerprint density at radius 2 is 1.95 bits per heavy atom. The molecule has 0 aliphatic carbocycles. The largest absolute Gasteiger partial charge is 0.462 e. The summed E-state index contributed by atoms with van der Waals surface area (Å²) in [6.07, 6.45) is 2.34. The fourth-order valence-electron chi connectivity index (χ4n) is 1.64. The zero-order valence-corrected chi connectivity index (χ0v) is 11.5. The Morgan fingerprint density at radius 3 is 2.63 bits per heavy atom. The number of rotatable bonds is 9. The molecule has 0 spiro atoms. The van der Waals surface area contributed by atoms with Gasteiger partial charge in [-0.25, -0.2) is 0 Å². The van der Waals surface area contributed by atoms with Crippen LogP contribution in [0.15, 0.2) is 30.3 Å². The molecule has 0 amide bonds. The van der Waals surface area contributed by atoms with Gasteiger partial charge in [-0.15, -0.1) is 0 Å². The molecule has 0 saturated carbocycles. The van der Waals surface area contributed by atoms with Gasteiger partial charge in [0.1, 0.15) is 12.6 Å². The summed E-state index contributed by atoms with van der Waals surface area (Å²) in [6.45, 7) is 3.44. The summed E-state index contributed by atoms with van der Waals surface area (Å²) >= 11 is 0. The van der Waals surface area contributed by atoms with Gasteiger partial charge in [-0.1, -0.05) is 37.3 Å². The maximum Gasteiger partial charge on any atom is 0.323 e. The third-order valence-electron chi connectivity index (χ3n) is 2.71. The molecule has 0 aromatic heterocycles. The first-order chi connectivity index (χ1) is 9.24. The number of ether oxygens (including phenoxy) is 2. The summed E-state index contributed by atoms with van der Waals surface area (Å²) in [7, 11) is 0. The monoisotopic (exact) mass is 265 g/mol. The molecule has 0 saturated heterocycles. The van der Waals surface area contributed by atoms with E-state index in [9.17, 15) is 4.79 Å². The van der Waals surface area contributed by atoms with Crippen molar-refractivity contribution in [2.75, 3.05) is 19.8 Å². The quantitative estimate of drug-likeness (QED) is 0.547. The van der Waals surface area contributed by atoms with E-state index in [0.29, 0.717) is 19.6 Å². The highest BCUT2D eigenvalue weighted by Crippen LogP contribution is 2.04. The highest BCUT2D eigenvalue weighted by Gasteiger charge is 2.14. The number of hydrogen-bond donors (Lipinski definition) is 1. The Labute approximate surface area is 114 Å². The molecule has 106 valence electrons. The summed E-state index contributed by atoms with van der Waals surface area (Å²) in [5, 5.41) is 0. The van der Waals surface area contributed by atoms with E-state index >= 15 is 0 Å². The average molecular weight is 265 g/mol. The van der Waals surface area contributed by atoms with Crippen molar-refractivity contribution < 1.29 is 14.3 Å². The molecule has 0 radical (unpaired) electrons. The van der Waals surface area contributed by atoms with E-state index < -0.39 is 6.04 Å². The van der Waals surface area contributed by atoms with Crippen molar-refractivity contribution in [1.29, 1.82) is 0 Å². The van der Waals surface area contributed by atoms with Crippen LogP contribution in [0, 0.1) is 0 Å². The van der Waals surface area contributed by atoms with Crippen molar-refractivity contribution >= 4 is 5.97 Å². The second-order valence-electron chi connectivity index (χ2n) is 4.41. The lowest BCUT2D eigenvalue weighted by molar-refractivity contribution is -0.146. The molecule has 2 N–H and O–H groups in total.